The Morgan fingerprint density at radius 3 is 1.09 bits per heavy atom. The zero-order valence-corrected chi connectivity index (χ0v) is 11.2. The molecule has 0 saturated carbocycles. The molecular weight excluding hydrogens is 268 g/mol. The Kier molecular flexibility index (Phi) is 27.9. The number of rotatable bonds is 6. The van der Waals surface area contributed by atoms with Crippen LogP contribution in [0.1, 0.15) is 58.8 Å². The molecule has 0 radical (unpaired) electrons. The van der Waals surface area contributed by atoms with E-state index >= 15 is 0 Å². The maximum atomic E-state index is 2.26. The van der Waals surface area contributed by atoms with E-state index in [1.807, 2.05) is 0 Å². The lowest BCUT2D eigenvalue weighted by Gasteiger charge is -1.96. The zero-order valence-electron chi connectivity index (χ0n) is 7.77. The third-order valence-electron chi connectivity index (χ3n) is 1.71. The minimum Gasteiger partial charge on any atom is -0.114 e. The predicted molar refractivity (Wildman–Crippen MR) is 64.3 cm³/mol. The molecule has 0 fully saturated rings. The van der Waals surface area contributed by atoms with Gasteiger partial charge in [-0.25, -0.2) is 0 Å². The molecule has 0 aromatic heterocycles. The third kappa shape index (κ3) is 18.2. The van der Waals surface area contributed by atoms with Gasteiger partial charge >= 0.3 is 0 Å². The lowest BCUT2D eigenvalue weighted by atomic mass is 10.1. The summed E-state index contributed by atoms with van der Waals surface area (Å²) in [5.41, 5.74) is 0. The summed E-state index contributed by atoms with van der Waals surface area (Å²) in [6.45, 7) is 4.53. The van der Waals surface area contributed by atoms with Crippen LogP contribution in [-0.4, -0.2) is 0 Å². The predicted octanol–water partition coefficient (Wildman–Crippen LogP) is 4.91. The van der Waals surface area contributed by atoms with Gasteiger partial charge in [-0.1, -0.05) is 58.8 Å². The van der Waals surface area contributed by atoms with Crippen LogP contribution in [0.15, 0.2) is 0 Å². The molecule has 0 rings (SSSR count). The van der Waals surface area contributed by atoms with Gasteiger partial charge in [-0.05, 0) is 0 Å². The second kappa shape index (κ2) is 17.2. The van der Waals surface area contributed by atoms with Gasteiger partial charge in [0.2, 0.25) is 0 Å². The van der Waals surface area contributed by atoms with Gasteiger partial charge in [0.25, 0.3) is 0 Å². The molecule has 0 unspecified atom stereocenters. The topological polar surface area (TPSA) is 0 Å². The molecule has 72 valence electrons. The summed E-state index contributed by atoms with van der Waals surface area (Å²) in [5.74, 6) is 0. The van der Waals surface area contributed by atoms with E-state index < -0.39 is 0 Å². The van der Waals surface area contributed by atoms with Crippen molar-refractivity contribution in [3.8, 4) is 0 Å². The first-order valence-electron chi connectivity index (χ1n) is 4.41. The van der Waals surface area contributed by atoms with E-state index in [2.05, 4.69) is 13.8 Å². The van der Waals surface area contributed by atoms with Crippen molar-refractivity contribution in [3.63, 3.8) is 0 Å². The number of unbranched alkanes of at least 4 members (excludes halogenated alkanes) is 6. The summed E-state index contributed by atoms with van der Waals surface area (Å²) in [5, 5.41) is 0. The summed E-state index contributed by atoms with van der Waals surface area (Å²) in [6.07, 6.45) is 9.97. The van der Waals surface area contributed by atoms with Crippen LogP contribution in [0, 0.1) is 0 Å². The van der Waals surface area contributed by atoms with E-state index in [1.165, 1.54) is 44.9 Å². The number of hydrogen-bond acceptors (Lipinski definition) is 0. The Hall–Kier alpha value is 0.960. The summed E-state index contributed by atoms with van der Waals surface area (Å²) >= 11 is 0. The Morgan fingerprint density at radius 1 is 0.545 bits per heavy atom. The second-order valence-corrected chi connectivity index (χ2v) is 2.77. The summed E-state index contributed by atoms with van der Waals surface area (Å²) < 4.78 is 0. The molecule has 0 saturated heterocycles. The van der Waals surface area contributed by atoms with Gasteiger partial charge in [0, 0.05) is 0 Å². The smallest absolute Gasteiger partial charge is 0.0533 e. The second-order valence-electron chi connectivity index (χ2n) is 2.77. The van der Waals surface area contributed by atoms with Crippen molar-refractivity contribution < 1.29 is 0 Å². The molecule has 0 N–H and O–H groups in total. The molecule has 11 heavy (non-hydrogen) atoms. The van der Waals surface area contributed by atoms with E-state index in [-0.39, 0.29) is 34.0 Å². The normalized spacial score (nSPS) is 8.18. The average molecular weight is 290 g/mol. The first-order valence-corrected chi connectivity index (χ1v) is 4.41. The Morgan fingerprint density at radius 2 is 0.818 bits per heavy atom. The molecule has 0 aromatic carbocycles. The van der Waals surface area contributed by atoms with Crippen molar-refractivity contribution in [2.24, 2.45) is 0 Å². The third-order valence-corrected chi connectivity index (χ3v) is 1.71. The van der Waals surface area contributed by atoms with Crippen LogP contribution < -0.4 is 0 Å². The summed E-state index contributed by atoms with van der Waals surface area (Å²) in [7, 11) is 0. The highest BCUT2D eigenvalue weighted by Gasteiger charge is 1.85. The van der Waals surface area contributed by atoms with Crippen LogP contribution in [0.2, 0.25) is 0 Å². The summed E-state index contributed by atoms with van der Waals surface area (Å²) in [6, 6.07) is 0. The minimum atomic E-state index is 0. The quantitative estimate of drug-likeness (QED) is 0.609. The van der Waals surface area contributed by atoms with Crippen molar-refractivity contribution in [1.29, 1.82) is 0 Å². The van der Waals surface area contributed by atoms with Crippen LogP contribution in [0.5, 0.6) is 0 Å². The molecule has 0 aliphatic rings. The molecule has 2 heteroatoms. The fourth-order valence-electron chi connectivity index (χ4n) is 1.03. The van der Waals surface area contributed by atoms with Gasteiger partial charge in [-0.15, -0.1) is 34.0 Å². The van der Waals surface area contributed by atoms with E-state index in [9.17, 15) is 0 Å². The molecule has 0 aliphatic heterocycles. The highest BCUT2D eigenvalue weighted by Crippen LogP contribution is 2.05. The molecular formula is C9H22Br2. The maximum Gasteiger partial charge on any atom is -0.0533 e. The minimum absolute atomic E-state index is 0. The van der Waals surface area contributed by atoms with Crippen molar-refractivity contribution in [3.05, 3.63) is 0 Å². The molecule has 0 nitrogen and oxygen atoms in total. The Labute approximate surface area is 92.7 Å². The average Bonchev–Trinajstić information content (AvgIpc) is 1.89. The monoisotopic (exact) mass is 288 g/mol. The van der Waals surface area contributed by atoms with Gasteiger partial charge in [-0.2, -0.15) is 0 Å². The Balaban J connectivity index is -0.000000320. The highest BCUT2D eigenvalue weighted by atomic mass is 79.9. The highest BCUT2D eigenvalue weighted by molar-refractivity contribution is 8.93. The molecule has 0 spiro atoms. The van der Waals surface area contributed by atoms with Gasteiger partial charge in [-0.3, -0.25) is 0 Å². The zero-order chi connectivity index (χ0) is 6.95. The van der Waals surface area contributed by atoms with Crippen LogP contribution in [0.3, 0.4) is 0 Å². The largest absolute Gasteiger partial charge is 0.114 e. The van der Waals surface area contributed by atoms with Crippen LogP contribution in [0.25, 0.3) is 0 Å². The van der Waals surface area contributed by atoms with Crippen molar-refractivity contribution in [1.82, 2.24) is 0 Å². The van der Waals surface area contributed by atoms with Gasteiger partial charge in [0.05, 0.1) is 0 Å². The fraction of sp³-hybridized carbons (Fsp3) is 1.00. The first kappa shape index (κ1) is 17.9. The summed E-state index contributed by atoms with van der Waals surface area (Å²) in [4.78, 5) is 0. The molecule has 0 heterocycles. The number of hydrogen-bond donors (Lipinski definition) is 0. The van der Waals surface area contributed by atoms with Crippen molar-refractivity contribution in [2.75, 3.05) is 0 Å². The molecule has 0 aliphatic carbocycles. The maximum absolute atomic E-state index is 2.26. The van der Waals surface area contributed by atoms with Crippen molar-refractivity contribution >= 4 is 34.0 Å². The molecule has 0 atom stereocenters. The van der Waals surface area contributed by atoms with E-state index in [4.69, 9.17) is 0 Å². The van der Waals surface area contributed by atoms with E-state index in [0.717, 1.165) is 0 Å². The number of halogens is 2. The molecule has 0 bridgehead atoms. The van der Waals surface area contributed by atoms with Gasteiger partial charge < -0.3 is 0 Å². The lowest BCUT2D eigenvalue weighted by molar-refractivity contribution is 0.602. The first-order chi connectivity index (χ1) is 4.41. The Bertz CT molecular complexity index is 40.8. The van der Waals surface area contributed by atoms with Crippen LogP contribution in [-0.2, 0) is 0 Å². The van der Waals surface area contributed by atoms with Crippen LogP contribution in [0.4, 0.5) is 0 Å². The fourth-order valence-corrected chi connectivity index (χ4v) is 1.03. The van der Waals surface area contributed by atoms with Gasteiger partial charge in [0.15, 0.2) is 0 Å². The van der Waals surface area contributed by atoms with E-state index in [1.54, 1.807) is 0 Å². The molecule has 0 aromatic rings. The lowest BCUT2D eigenvalue weighted by Crippen LogP contribution is -1.76. The standard InChI is InChI=1S/C9H20.2BrH/c1-3-5-7-9-8-6-4-2;;/h3-9H2,1-2H3;2*1H. The van der Waals surface area contributed by atoms with E-state index in [0.29, 0.717) is 0 Å². The van der Waals surface area contributed by atoms with Crippen molar-refractivity contribution in [2.45, 2.75) is 58.8 Å². The van der Waals surface area contributed by atoms with Gasteiger partial charge in [0.1, 0.15) is 0 Å². The SMILES string of the molecule is Br.Br.CCCCCCCCC. The molecule has 0 amide bonds. The van der Waals surface area contributed by atoms with Crippen LogP contribution >= 0.6 is 34.0 Å².